The minimum Gasteiger partial charge on any atom is -0.450 e. The molecule has 0 unspecified atom stereocenters. The van der Waals surface area contributed by atoms with Crippen LogP contribution in [-0.2, 0) is 4.74 Å². The van der Waals surface area contributed by atoms with E-state index in [0.29, 0.717) is 49.6 Å². The highest BCUT2D eigenvalue weighted by Crippen LogP contribution is 2.17. The van der Waals surface area contributed by atoms with E-state index in [1.165, 1.54) is 6.33 Å². The van der Waals surface area contributed by atoms with Crippen LogP contribution in [-0.4, -0.2) is 52.6 Å². The molecular formula is C20H22N6O3. The van der Waals surface area contributed by atoms with Crippen molar-refractivity contribution in [1.82, 2.24) is 20.2 Å². The maximum atomic E-state index is 12.6. The number of anilines is 2. The van der Waals surface area contributed by atoms with Crippen molar-refractivity contribution in [3.8, 4) is 6.07 Å². The second kappa shape index (κ2) is 9.50. The Balaban J connectivity index is 1.57. The summed E-state index contributed by atoms with van der Waals surface area (Å²) in [6.07, 6.45) is 2.31. The number of nitriles is 1. The summed E-state index contributed by atoms with van der Waals surface area (Å²) in [5, 5.41) is 15.0. The summed E-state index contributed by atoms with van der Waals surface area (Å²) < 4.78 is 5.00. The van der Waals surface area contributed by atoms with Crippen LogP contribution in [0.25, 0.3) is 0 Å². The molecule has 1 aliphatic rings. The fraction of sp³-hybridized carbons (Fsp3) is 0.350. The zero-order valence-electron chi connectivity index (χ0n) is 16.1. The number of carbonyl (C=O) groups is 2. The first-order chi connectivity index (χ1) is 14.1. The smallest absolute Gasteiger partial charge is 0.409 e. The molecule has 29 heavy (non-hydrogen) atoms. The van der Waals surface area contributed by atoms with Gasteiger partial charge in [0.05, 0.1) is 18.2 Å². The van der Waals surface area contributed by atoms with E-state index in [9.17, 15) is 9.59 Å². The first-order valence-electron chi connectivity index (χ1n) is 9.41. The monoisotopic (exact) mass is 394 g/mol. The molecule has 1 aromatic heterocycles. The summed E-state index contributed by atoms with van der Waals surface area (Å²) in [6, 6.07) is 10.6. The van der Waals surface area contributed by atoms with Gasteiger partial charge >= 0.3 is 6.09 Å². The van der Waals surface area contributed by atoms with Crippen LogP contribution in [0.1, 0.15) is 35.8 Å². The van der Waals surface area contributed by atoms with Gasteiger partial charge in [0.25, 0.3) is 5.91 Å². The van der Waals surface area contributed by atoms with Crippen molar-refractivity contribution < 1.29 is 14.3 Å². The summed E-state index contributed by atoms with van der Waals surface area (Å²) in [5.74, 6) is 0.160. The van der Waals surface area contributed by atoms with E-state index < -0.39 is 0 Å². The van der Waals surface area contributed by atoms with Gasteiger partial charge in [-0.15, -0.1) is 0 Å². The van der Waals surface area contributed by atoms with E-state index in [-0.39, 0.29) is 23.7 Å². The molecular weight excluding hydrogens is 372 g/mol. The normalized spacial score (nSPS) is 14.0. The number of hydrogen-bond donors (Lipinski definition) is 2. The highest BCUT2D eigenvalue weighted by Gasteiger charge is 2.25. The Morgan fingerprint density at radius 2 is 2.07 bits per heavy atom. The fourth-order valence-corrected chi connectivity index (χ4v) is 3.04. The lowest BCUT2D eigenvalue weighted by Gasteiger charge is -2.31. The van der Waals surface area contributed by atoms with Gasteiger partial charge in [-0.25, -0.2) is 14.8 Å². The second-order valence-electron chi connectivity index (χ2n) is 6.54. The molecule has 0 atom stereocenters. The molecule has 2 N–H and O–H groups in total. The Morgan fingerprint density at radius 3 is 2.79 bits per heavy atom. The van der Waals surface area contributed by atoms with E-state index in [4.69, 9.17) is 10.00 Å². The average molecular weight is 394 g/mol. The van der Waals surface area contributed by atoms with E-state index in [1.54, 1.807) is 42.2 Å². The van der Waals surface area contributed by atoms with Gasteiger partial charge in [0, 0.05) is 30.9 Å². The Kier molecular flexibility index (Phi) is 6.58. The van der Waals surface area contributed by atoms with Gasteiger partial charge in [-0.3, -0.25) is 4.79 Å². The molecule has 0 radical (unpaired) electrons. The zero-order chi connectivity index (χ0) is 20.6. The first-order valence-corrected chi connectivity index (χ1v) is 9.41. The van der Waals surface area contributed by atoms with Crippen LogP contribution in [0, 0.1) is 11.3 Å². The number of ether oxygens (including phenoxy) is 1. The van der Waals surface area contributed by atoms with Crippen LogP contribution in [0.2, 0.25) is 0 Å². The predicted molar refractivity (Wildman–Crippen MR) is 106 cm³/mol. The lowest BCUT2D eigenvalue weighted by atomic mass is 10.1. The molecule has 3 rings (SSSR count). The molecule has 0 saturated carbocycles. The maximum Gasteiger partial charge on any atom is 0.409 e. The zero-order valence-corrected chi connectivity index (χ0v) is 16.1. The molecule has 9 heteroatoms. The Morgan fingerprint density at radius 1 is 1.28 bits per heavy atom. The van der Waals surface area contributed by atoms with E-state index in [0.717, 1.165) is 0 Å². The third-order valence-electron chi connectivity index (χ3n) is 4.52. The van der Waals surface area contributed by atoms with Gasteiger partial charge in [-0.2, -0.15) is 5.26 Å². The molecule has 1 aromatic carbocycles. The molecule has 2 aromatic rings. The van der Waals surface area contributed by atoms with Crippen LogP contribution in [0.3, 0.4) is 0 Å². The van der Waals surface area contributed by atoms with Crippen LogP contribution in [0.4, 0.5) is 16.3 Å². The number of aromatic nitrogens is 2. The lowest BCUT2D eigenvalue weighted by molar-refractivity contribution is 0.0856. The van der Waals surface area contributed by atoms with Crippen molar-refractivity contribution in [2.75, 3.05) is 25.0 Å². The molecule has 1 fully saturated rings. The topological polar surface area (TPSA) is 120 Å². The first kappa shape index (κ1) is 20.1. The van der Waals surface area contributed by atoms with Gasteiger partial charge in [0.2, 0.25) is 0 Å². The van der Waals surface area contributed by atoms with Gasteiger partial charge in [-0.1, -0.05) is 6.07 Å². The molecule has 0 spiro atoms. The second-order valence-corrected chi connectivity index (χ2v) is 6.54. The number of amides is 2. The number of carbonyl (C=O) groups excluding carboxylic acids is 2. The third kappa shape index (κ3) is 5.42. The van der Waals surface area contributed by atoms with Crippen LogP contribution < -0.4 is 10.6 Å². The number of hydrogen-bond acceptors (Lipinski definition) is 7. The van der Waals surface area contributed by atoms with Gasteiger partial charge in [-0.05, 0) is 38.0 Å². The van der Waals surface area contributed by atoms with E-state index in [1.807, 2.05) is 0 Å². The SMILES string of the molecule is CCOC(=O)N1CCC(NC(=O)c2cc(Nc3cccc(C#N)c3)ncn2)CC1. The fourth-order valence-electron chi connectivity index (χ4n) is 3.04. The van der Waals surface area contributed by atoms with Gasteiger partial charge in [0.15, 0.2) is 0 Å². The summed E-state index contributed by atoms with van der Waals surface area (Å²) in [7, 11) is 0. The minimum absolute atomic E-state index is 0.0353. The van der Waals surface area contributed by atoms with E-state index in [2.05, 4.69) is 26.7 Å². The van der Waals surface area contributed by atoms with Crippen molar-refractivity contribution in [2.24, 2.45) is 0 Å². The molecule has 0 bridgehead atoms. The predicted octanol–water partition coefficient (Wildman–Crippen LogP) is 2.44. The number of piperidine rings is 1. The Bertz CT molecular complexity index is 918. The average Bonchev–Trinajstić information content (AvgIpc) is 2.74. The van der Waals surface area contributed by atoms with Crippen molar-refractivity contribution in [1.29, 1.82) is 5.26 Å². The number of nitrogens with one attached hydrogen (secondary N) is 2. The van der Waals surface area contributed by atoms with E-state index >= 15 is 0 Å². The van der Waals surface area contributed by atoms with Crippen molar-refractivity contribution in [3.63, 3.8) is 0 Å². The third-order valence-corrected chi connectivity index (χ3v) is 4.52. The van der Waals surface area contributed by atoms with Crippen molar-refractivity contribution in [2.45, 2.75) is 25.8 Å². The minimum atomic E-state index is -0.315. The quantitative estimate of drug-likeness (QED) is 0.799. The number of rotatable bonds is 5. The number of likely N-dealkylation sites (tertiary alicyclic amines) is 1. The van der Waals surface area contributed by atoms with Crippen molar-refractivity contribution in [3.05, 3.63) is 47.9 Å². The summed E-state index contributed by atoms with van der Waals surface area (Å²) in [4.78, 5) is 34.1. The number of benzene rings is 1. The Hall–Kier alpha value is -3.67. The summed E-state index contributed by atoms with van der Waals surface area (Å²) in [6.45, 7) is 3.20. The van der Waals surface area contributed by atoms with Crippen molar-refractivity contribution >= 4 is 23.5 Å². The molecule has 150 valence electrons. The number of nitrogens with zero attached hydrogens (tertiary/aromatic N) is 4. The molecule has 2 heterocycles. The van der Waals surface area contributed by atoms with Crippen LogP contribution >= 0.6 is 0 Å². The summed E-state index contributed by atoms with van der Waals surface area (Å²) in [5.41, 5.74) is 1.46. The largest absolute Gasteiger partial charge is 0.450 e. The summed E-state index contributed by atoms with van der Waals surface area (Å²) >= 11 is 0. The molecule has 0 aliphatic carbocycles. The molecule has 2 amide bonds. The highest BCUT2D eigenvalue weighted by atomic mass is 16.6. The highest BCUT2D eigenvalue weighted by molar-refractivity contribution is 5.93. The van der Waals surface area contributed by atoms with Gasteiger partial charge in [0.1, 0.15) is 17.8 Å². The maximum absolute atomic E-state index is 12.6. The van der Waals surface area contributed by atoms with Gasteiger partial charge < -0.3 is 20.3 Å². The molecule has 9 nitrogen and oxygen atoms in total. The molecule has 1 saturated heterocycles. The van der Waals surface area contributed by atoms with Crippen LogP contribution in [0.15, 0.2) is 36.7 Å². The Labute approximate surface area is 168 Å². The molecule has 1 aliphatic heterocycles. The standard InChI is InChI=1S/C20H22N6O3/c1-2-29-20(28)26-8-6-15(7-9-26)25-19(27)17-11-18(23-13-22-17)24-16-5-3-4-14(10-16)12-21/h3-5,10-11,13,15H,2,6-9H2,1H3,(H,25,27)(H,22,23,24). The lowest BCUT2D eigenvalue weighted by Crippen LogP contribution is -2.46. The van der Waals surface area contributed by atoms with Crippen LogP contribution in [0.5, 0.6) is 0 Å².